The number of nitrogens with two attached hydrogens (primary N) is 2. The number of carbonyl (C=O) groups is 2. The van der Waals surface area contributed by atoms with Crippen molar-refractivity contribution < 1.29 is 24.5 Å². The highest BCUT2D eigenvalue weighted by molar-refractivity contribution is 5.89. The standard InChI is InChI=1S/C10H16N6O.C4H4O4/c1-6(2)17-8-5-7(15-16-8)10(12)3-4-13-9(11)14-10;5-3(6)1-2-4(7)8/h3-6H,12H2,1-2H3,(H,15,16)(H3,11,13,14);1-2H,(H,5,6)(H,7,8). The van der Waals surface area contributed by atoms with E-state index in [1.54, 1.807) is 18.3 Å². The molecule has 8 N–H and O–H groups in total. The molecule has 0 radical (unpaired) electrons. The normalized spacial score (nSPS) is 19.0. The Hall–Kier alpha value is -3.34. The second kappa shape index (κ2) is 8.49. The number of nitrogens with zero attached hydrogens (tertiary/aromatic N) is 2. The van der Waals surface area contributed by atoms with Crippen LogP contribution < -0.4 is 21.5 Å². The van der Waals surface area contributed by atoms with Crippen molar-refractivity contribution in [3.05, 3.63) is 36.2 Å². The smallest absolute Gasteiger partial charge is 0.328 e. The summed E-state index contributed by atoms with van der Waals surface area (Å²) in [6, 6.07) is 1.71. The van der Waals surface area contributed by atoms with Gasteiger partial charge in [-0.05, 0) is 19.9 Å². The molecule has 0 amide bonds. The predicted octanol–water partition coefficient (Wildman–Crippen LogP) is -0.548. The molecule has 0 fully saturated rings. The third-order valence-electron chi connectivity index (χ3n) is 2.58. The van der Waals surface area contributed by atoms with Gasteiger partial charge in [-0.15, -0.1) is 5.10 Å². The number of nitrogens with one attached hydrogen (secondary N) is 2. The Morgan fingerprint density at radius 1 is 1.32 bits per heavy atom. The van der Waals surface area contributed by atoms with Crippen LogP contribution in [0.3, 0.4) is 0 Å². The molecule has 25 heavy (non-hydrogen) atoms. The summed E-state index contributed by atoms with van der Waals surface area (Å²) >= 11 is 0. The zero-order chi connectivity index (χ0) is 19.0. The molecule has 1 atom stereocenters. The zero-order valence-corrected chi connectivity index (χ0v) is 13.6. The minimum absolute atomic E-state index is 0.0528. The number of carboxylic acids is 2. The van der Waals surface area contributed by atoms with E-state index >= 15 is 0 Å². The molecule has 1 aromatic heterocycles. The second-order valence-corrected chi connectivity index (χ2v) is 5.10. The van der Waals surface area contributed by atoms with E-state index in [9.17, 15) is 9.59 Å². The maximum Gasteiger partial charge on any atom is 0.328 e. The molecular weight excluding hydrogens is 332 g/mol. The zero-order valence-electron chi connectivity index (χ0n) is 13.6. The Labute approximate surface area is 143 Å². The summed E-state index contributed by atoms with van der Waals surface area (Å²) in [5.74, 6) is -1.77. The molecule has 2 heterocycles. The minimum atomic E-state index is -1.26. The molecule has 1 aliphatic rings. The van der Waals surface area contributed by atoms with E-state index in [4.69, 9.17) is 26.4 Å². The van der Waals surface area contributed by atoms with Crippen LogP contribution in [0.4, 0.5) is 0 Å². The molecule has 136 valence electrons. The first-order valence-electron chi connectivity index (χ1n) is 7.07. The fourth-order valence-electron chi connectivity index (χ4n) is 1.63. The monoisotopic (exact) mass is 352 g/mol. The van der Waals surface area contributed by atoms with Crippen LogP contribution in [0.1, 0.15) is 19.5 Å². The number of carboxylic acid groups (broad SMARTS) is 2. The molecule has 1 unspecified atom stereocenters. The molecule has 0 saturated heterocycles. The highest BCUT2D eigenvalue weighted by Gasteiger charge is 2.28. The fourth-order valence-corrected chi connectivity index (χ4v) is 1.63. The number of hydrogen-bond donors (Lipinski definition) is 6. The number of aliphatic carboxylic acids is 2. The van der Waals surface area contributed by atoms with Crippen LogP contribution in [0.5, 0.6) is 5.88 Å². The topological polar surface area (TPSA) is 189 Å². The molecule has 2 rings (SSSR count). The first kappa shape index (κ1) is 19.7. The van der Waals surface area contributed by atoms with Crippen molar-refractivity contribution in [2.45, 2.75) is 25.6 Å². The van der Waals surface area contributed by atoms with Crippen LogP contribution in [0.25, 0.3) is 0 Å². The van der Waals surface area contributed by atoms with Crippen LogP contribution in [0, 0.1) is 0 Å². The summed E-state index contributed by atoms with van der Waals surface area (Å²) < 4.78 is 5.44. The summed E-state index contributed by atoms with van der Waals surface area (Å²) in [5.41, 5.74) is 11.3. The van der Waals surface area contributed by atoms with Gasteiger partial charge in [0.1, 0.15) is 0 Å². The van der Waals surface area contributed by atoms with E-state index in [0.29, 0.717) is 23.7 Å². The van der Waals surface area contributed by atoms with E-state index < -0.39 is 17.6 Å². The molecule has 0 aliphatic carbocycles. The van der Waals surface area contributed by atoms with Crippen LogP contribution in [0.15, 0.2) is 35.5 Å². The maximum absolute atomic E-state index is 9.55. The number of H-pyrrole nitrogens is 1. The fraction of sp³-hybridized carbons (Fsp3) is 0.286. The molecule has 11 heteroatoms. The minimum Gasteiger partial charge on any atom is -0.478 e. The van der Waals surface area contributed by atoms with Gasteiger partial charge < -0.3 is 26.0 Å². The molecule has 11 nitrogen and oxygen atoms in total. The van der Waals surface area contributed by atoms with E-state index in [-0.39, 0.29) is 12.1 Å². The van der Waals surface area contributed by atoms with Crippen molar-refractivity contribution in [2.75, 3.05) is 0 Å². The van der Waals surface area contributed by atoms with Gasteiger partial charge in [0.2, 0.25) is 5.88 Å². The lowest BCUT2D eigenvalue weighted by molar-refractivity contribution is -0.134. The third-order valence-corrected chi connectivity index (χ3v) is 2.58. The van der Waals surface area contributed by atoms with Crippen molar-refractivity contribution >= 4 is 17.9 Å². The van der Waals surface area contributed by atoms with Crippen molar-refractivity contribution in [2.24, 2.45) is 16.5 Å². The Kier molecular flexibility index (Phi) is 6.70. The number of hydrogen-bond acceptors (Lipinski definition) is 8. The number of aromatic amines is 1. The van der Waals surface area contributed by atoms with E-state index in [0.717, 1.165) is 0 Å². The van der Waals surface area contributed by atoms with Gasteiger partial charge in [0.15, 0.2) is 11.6 Å². The highest BCUT2D eigenvalue weighted by Crippen LogP contribution is 2.24. The molecule has 0 saturated carbocycles. The Bertz CT molecular complexity index is 692. The summed E-state index contributed by atoms with van der Waals surface area (Å²) in [6.45, 7) is 3.85. The van der Waals surface area contributed by atoms with Gasteiger partial charge in [-0.1, -0.05) is 0 Å². The average molecular weight is 352 g/mol. The van der Waals surface area contributed by atoms with Crippen LogP contribution >= 0.6 is 0 Å². The number of aromatic nitrogens is 2. The van der Waals surface area contributed by atoms with Crippen LogP contribution in [0.2, 0.25) is 0 Å². The van der Waals surface area contributed by atoms with Gasteiger partial charge in [-0.2, -0.15) is 0 Å². The van der Waals surface area contributed by atoms with E-state index in [1.165, 1.54) is 0 Å². The van der Waals surface area contributed by atoms with Crippen molar-refractivity contribution in [1.82, 2.24) is 15.5 Å². The quantitative estimate of drug-likeness (QED) is 0.378. The second-order valence-electron chi connectivity index (χ2n) is 5.10. The third kappa shape index (κ3) is 6.74. The maximum atomic E-state index is 9.55. The highest BCUT2D eigenvalue weighted by atomic mass is 16.5. The van der Waals surface area contributed by atoms with Crippen molar-refractivity contribution in [3.63, 3.8) is 0 Å². The van der Waals surface area contributed by atoms with Crippen LogP contribution in [-0.4, -0.2) is 44.4 Å². The first-order valence-corrected chi connectivity index (χ1v) is 7.07. The summed E-state index contributed by atoms with van der Waals surface area (Å²) in [6.07, 6.45) is 4.50. The number of aliphatic imine (C=N–C) groups is 1. The van der Waals surface area contributed by atoms with Gasteiger partial charge in [-0.3, -0.25) is 10.8 Å². The number of rotatable bonds is 5. The van der Waals surface area contributed by atoms with E-state index in [2.05, 4.69) is 20.5 Å². The number of guanidine groups is 1. The molecule has 0 aromatic carbocycles. The molecular formula is C14H20N6O5. The van der Waals surface area contributed by atoms with Crippen LogP contribution in [-0.2, 0) is 15.3 Å². The molecule has 1 aromatic rings. The molecule has 1 aliphatic heterocycles. The lowest BCUT2D eigenvalue weighted by atomic mass is 10.1. The van der Waals surface area contributed by atoms with Gasteiger partial charge in [0.25, 0.3) is 0 Å². The summed E-state index contributed by atoms with van der Waals surface area (Å²) in [7, 11) is 0. The van der Waals surface area contributed by atoms with Gasteiger partial charge in [-0.25, -0.2) is 14.6 Å². The lowest BCUT2D eigenvalue weighted by Crippen LogP contribution is -2.42. The van der Waals surface area contributed by atoms with Gasteiger partial charge in [0, 0.05) is 24.4 Å². The van der Waals surface area contributed by atoms with Gasteiger partial charge >= 0.3 is 11.9 Å². The van der Waals surface area contributed by atoms with Crippen molar-refractivity contribution in [1.29, 1.82) is 0 Å². The van der Waals surface area contributed by atoms with Crippen molar-refractivity contribution in [3.8, 4) is 5.88 Å². The SMILES string of the molecule is CC(C)Oc1cc(C2(N)C=CNC(N)=N2)[nH]n1.O=C(O)C=CC(=O)O. The lowest BCUT2D eigenvalue weighted by Gasteiger charge is -2.23. The molecule has 0 spiro atoms. The predicted molar refractivity (Wildman–Crippen MR) is 88.5 cm³/mol. The Balaban J connectivity index is 0.000000333. The Morgan fingerprint density at radius 2 is 1.92 bits per heavy atom. The molecule has 0 bridgehead atoms. The first-order chi connectivity index (χ1) is 11.6. The van der Waals surface area contributed by atoms with Gasteiger partial charge in [0.05, 0.1) is 11.8 Å². The average Bonchev–Trinajstić information content (AvgIpc) is 2.94. The van der Waals surface area contributed by atoms with E-state index in [1.807, 2.05) is 13.8 Å². The Morgan fingerprint density at radius 3 is 2.40 bits per heavy atom. The summed E-state index contributed by atoms with van der Waals surface area (Å²) in [4.78, 5) is 23.2. The number of ether oxygens (including phenoxy) is 1. The largest absolute Gasteiger partial charge is 0.478 e. The summed E-state index contributed by atoms with van der Waals surface area (Å²) in [5, 5.41) is 25.2.